The minimum atomic E-state index is -1.39. The van der Waals surface area contributed by atoms with E-state index in [1.54, 1.807) is 11.4 Å². The van der Waals surface area contributed by atoms with Gasteiger partial charge in [0.25, 0.3) is 5.78 Å². The van der Waals surface area contributed by atoms with Crippen LogP contribution in [0.3, 0.4) is 0 Å². The summed E-state index contributed by atoms with van der Waals surface area (Å²) in [6.45, 7) is 1.96. The largest absolute Gasteiger partial charge is 0.475 e. The maximum atomic E-state index is 10.9. The van der Waals surface area contributed by atoms with Crippen molar-refractivity contribution in [3.8, 4) is 0 Å². The van der Waals surface area contributed by atoms with Crippen LogP contribution in [0, 0.1) is 0 Å². The molecule has 1 heterocycles. The van der Waals surface area contributed by atoms with Crippen molar-refractivity contribution in [1.82, 2.24) is 0 Å². The lowest BCUT2D eigenvalue weighted by Crippen LogP contribution is -2.10. The van der Waals surface area contributed by atoms with E-state index >= 15 is 0 Å². The predicted octanol–water partition coefficient (Wildman–Crippen LogP) is 1.58. The van der Waals surface area contributed by atoms with E-state index < -0.39 is 11.8 Å². The molecule has 0 aliphatic carbocycles. The molecule has 3 nitrogen and oxygen atoms in total. The van der Waals surface area contributed by atoms with E-state index in [2.05, 4.69) is 0 Å². The number of Topliss-reactive ketones (excluding diaryl/α,β-unsaturated/α-hetero) is 1. The van der Waals surface area contributed by atoms with E-state index in [1.807, 2.05) is 6.92 Å². The molecule has 0 bridgehead atoms. The normalized spacial score (nSPS) is 9.75. The van der Waals surface area contributed by atoms with E-state index in [9.17, 15) is 9.59 Å². The molecule has 1 aromatic rings. The lowest BCUT2D eigenvalue weighted by Gasteiger charge is -1.86. The van der Waals surface area contributed by atoms with Gasteiger partial charge in [-0.25, -0.2) is 4.79 Å². The molecule has 0 spiro atoms. The number of aryl methyl sites for hydroxylation is 1. The van der Waals surface area contributed by atoms with Crippen molar-refractivity contribution in [2.75, 3.05) is 0 Å². The number of aliphatic carboxylic acids is 1. The molecule has 0 aliphatic heterocycles. The van der Waals surface area contributed by atoms with Crippen LogP contribution in [0.4, 0.5) is 0 Å². The minimum Gasteiger partial charge on any atom is -0.475 e. The molecule has 0 fully saturated rings. The third-order valence-corrected chi connectivity index (χ3v) is 2.46. The molecule has 1 rings (SSSR count). The average Bonchev–Trinajstić information content (AvgIpc) is 2.50. The average molecular weight is 184 g/mol. The van der Waals surface area contributed by atoms with E-state index in [-0.39, 0.29) is 0 Å². The Morgan fingerprint density at radius 1 is 1.58 bits per heavy atom. The summed E-state index contributed by atoms with van der Waals surface area (Å²) in [4.78, 5) is 21.4. The highest BCUT2D eigenvalue weighted by Crippen LogP contribution is 2.15. The van der Waals surface area contributed by atoms with Crippen LogP contribution in [0.2, 0.25) is 0 Å². The van der Waals surface area contributed by atoms with Crippen LogP contribution in [0.1, 0.15) is 22.2 Å². The van der Waals surface area contributed by atoms with Gasteiger partial charge in [-0.3, -0.25) is 4.79 Å². The number of ketones is 1. The maximum absolute atomic E-state index is 10.9. The molecule has 64 valence electrons. The molecule has 0 radical (unpaired) electrons. The highest BCUT2D eigenvalue weighted by Gasteiger charge is 2.15. The zero-order chi connectivity index (χ0) is 9.14. The fraction of sp³-hybridized carbons (Fsp3) is 0.250. The second-order valence-electron chi connectivity index (χ2n) is 2.31. The fourth-order valence-corrected chi connectivity index (χ4v) is 1.71. The second-order valence-corrected chi connectivity index (χ2v) is 3.22. The van der Waals surface area contributed by atoms with Crippen LogP contribution in [-0.2, 0) is 11.2 Å². The number of carboxylic acid groups (broad SMARTS) is 1. The van der Waals surface area contributed by atoms with Gasteiger partial charge in [0, 0.05) is 0 Å². The molecular formula is C8H8O3S. The molecule has 0 amide bonds. The summed E-state index contributed by atoms with van der Waals surface area (Å²) < 4.78 is 0. The summed E-state index contributed by atoms with van der Waals surface area (Å²) in [5.41, 5.74) is 1.00. The molecule has 0 aromatic carbocycles. The Balaban J connectivity index is 2.89. The summed E-state index contributed by atoms with van der Waals surface area (Å²) in [5.74, 6) is -2.21. The molecule has 0 atom stereocenters. The Morgan fingerprint density at radius 2 is 2.25 bits per heavy atom. The van der Waals surface area contributed by atoms with Gasteiger partial charge < -0.3 is 5.11 Å². The predicted molar refractivity (Wildman–Crippen MR) is 45.7 cm³/mol. The summed E-state index contributed by atoms with van der Waals surface area (Å²) in [5, 5.41) is 10.2. The lowest BCUT2D eigenvalue weighted by molar-refractivity contribution is -0.131. The van der Waals surface area contributed by atoms with Crippen LogP contribution < -0.4 is 0 Å². The Labute approximate surface area is 73.6 Å². The third-order valence-electron chi connectivity index (χ3n) is 1.48. The van der Waals surface area contributed by atoms with Crippen molar-refractivity contribution in [3.05, 3.63) is 21.9 Å². The van der Waals surface area contributed by atoms with Crippen molar-refractivity contribution < 1.29 is 14.7 Å². The highest BCUT2D eigenvalue weighted by molar-refractivity contribution is 7.13. The van der Waals surface area contributed by atoms with Gasteiger partial charge in [0.05, 0.1) is 4.88 Å². The van der Waals surface area contributed by atoms with Gasteiger partial charge in [0.2, 0.25) is 0 Å². The van der Waals surface area contributed by atoms with Crippen LogP contribution >= 0.6 is 11.3 Å². The molecule has 0 saturated heterocycles. The Hall–Kier alpha value is -1.16. The first-order valence-electron chi connectivity index (χ1n) is 3.50. The van der Waals surface area contributed by atoms with Gasteiger partial charge in [-0.1, -0.05) is 6.92 Å². The van der Waals surface area contributed by atoms with Crippen molar-refractivity contribution in [1.29, 1.82) is 0 Å². The van der Waals surface area contributed by atoms with Gasteiger partial charge >= 0.3 is 5.97 Å². The number of rotatable bonds is 3. The quantitative estimate of drug-likeness (QED) is 0.573. The number of thiophene rings is 1. The summed E-state index contributed by atoms with van der Waals surface area (Å²) in [6, 6.07) is 1.63. The molecule has 12 heavy (non-hydrogen) atoms. The molecule has 0 saturated carbocycles. The first-order chi connectivity index (χ1) is 5.65. The summed E-state index contributed by atoms with van der Waals surface area (Å²) in [7, 11) is 0. The maximum Gasteiger partial charge on any atom is 0.378 e. The number of hydrogen-bond acceptors (Lipinski definition) is 3. The molecule has 0 aliphatic rings. The van der Waals surface area contributed by atoms with Crippen LogP contribution in [-0.4, -0.2) is 16.9 Å². The van der Waals surface area contributed by atoms with Gasteiger partial charge in [-0.2, -0.15) is 0 Å². The number of carbonyl (C=O) groups is 2. The first kappa shape index (κ1) is 8.93. The number of hydrogen-bond donors (Lipinski definition) is 1. The van der Waals surface area contributed by atoms with Gasteiger partial charge in [-0.05, 0) is 23.4 Å². The number of carboxylic acids is 1. The first-order valence-corrected chi connectivity index (χ1v) is 4.38. The SMILES string of the molecule is CCc1csc(C(=O)C(=O)O)c1. The van der Waals surface area contributed by atoms with Crippen LogP contribution in [0.25, 0.3) is 0 Å². The standard InChI is InChI=1S/C8H8O3S/c1-2-5-3-6(12-4-5)7(9)8(10)11/h3-4H,2H2,1H3,(H,10,11). The van der Waals surface area contributed by atoms with Crippen LogP contribution in [0.15, 0.2) is 11.4 Å². The zero-order valence-corrected chi connectivity index (χ0v) is 7.35. The van der Waals surface area contributed by atoms with Crippen molar-refractivity contribution in [3.63, 3.8) is 0 Å². The van der Waals surface area contributed by atoms with Crippen LogP contribution in [0.5, 0.6) is 0 Å². The topological polar surface area (TPSA) is 54.4 Å². The molecule has 4 heteroatoms. The van der Waals surface area contributed by atoms with E-state index in [1.165, 1.54) is 11.3 Å². The van der Waals surface area contributed by atoms with Crippen molar-refractivity contribution in [2.45, 2.75) is 13.3 Å². The molecule has 1 aromatic heterocycles. The smallest absolute Gasteiger partial charge is 0.378 e. The summed E-state index contributed by atoms with van der Waals surface area (Å²) in [6.07, 6.45) is 0.823. The van der Waals surface area contributed by atoms with Crippen molar-refractivity contribution >= 4 is 23.1 Å². The Kier molecular flexibility index (Phi) is 2.60. The lowest BCUT2D eigenvalue weighted by atomic mass is 10.2. The molecule has 1 N–H and O–H groups in total. The summed E-state index contributed by atoms with van der Waals surface area (Å²) >= 11 is 1.18. The van der Waals surface area contributed by atoms with Gasteiger partial charge in [0.15, 0.2) is 0 Å². The van der Waals surface area contributed by atoms with E-state index in [0.717, 1.165) is 12.0 Å². The van der Waals surface area contributed by atoms with Crippen molar-refractivity contribution in [2.24, 2.45) is 0 Å². The Bertz CT molecular complexity index is 314. The van der Waals surface area contributed by atoms with Gasteiger partial charge in [-0.15, -0.1) is 11.3 Å². The molecule has 0 unspecified atom stereocenters. The third kappa shape index (κ3) is 1.71. The second kappa shape index (κ2) is 3.49. The monoisotopic (exact) mass is 184 g/mol. The zero-order valence-electron chi connectivity index (χ0n) is 6.53. The molecular weight excluding hydrogens is 176 g/mol. The minimum absolute atomic E-state index is 0.305. The number of carbonyl (C=O) groups excluding carboxylic acids is 1. The van der Waals surface area contributed by atoms with Gasteiger partial charge in [0.1, 0.15) is 0 Å². The Morgan fingerprint density at radius 3 is 2.67 bits per heavy atom. The highest BCUT2D eigenvalue weighted by atomic mass is 32.1. The fourth-order valence-electron chi connectivity index (χ4n) is 0.785. The van der Waals surface area contributed by atoms with E-state index in [4.69, 9.17) is 5.11 Å². The van der Waals surface area contributed by atoms with E-state index in [0.29, 0.717) is 4.88 Å².